The van der Waals surface area contributed by atoms with Gasteiger partial charge in [-0.3, -0.25) is 4.98 Å². The van der Waals surface area contributed by atoms with Crippen molar-refractivity contribution in [2.45, 2.75) is 12.8 Å². The van der Waals surface area contributed by atoms with E-state index in [0.29, 0.717) is 0 Å². The van der Waals surface area contributed by atoms with Crippen molar-refractivity contribution in [2.24, 2.45) is 0 Å². The Morgan fingerprint density at radius 2 is 1.83 bits per heavy atom. The van der Waals surface area contributed by atoms with Crippen molar-refractivity contribution in [3.05, 3.63) is 63.9 Å². The van der Waals surface area contributed by atoms with E-state index < -0.39 is 0 Å². The van der Waals surface area contributed by atoms with Gasteiger partial charge < -0.3 is 0 Å². The van der Waals surface area contributed by atoms with E-state index in [9.17, 15) is 0 Å². The third-order valence-corrected chi connectivity index (χ3v) is 3.62. The highest BCUT2D eigenvalue weighted by atomic mass is 79.9. The molecular weight excluding hydrogens is 310 g/mol. The monoisotopic (exact) mass is 321 g/mol. The van der Waals surface area contributed by atoms with Gasteiger partial charge in [-0.25, -0.2) is 0 Å². The summed E-state index contributed by atoms with van der Waals surface area (Å²) in [6, 6.07) is 10.6. The summed E-state index contributed by atoms with van der Waals surface area (Å²) in [6.45, 7) is 0. The molecule has 0 radical (unpaired) electrons. The summed E-state index contributed by atoms with van der Waals surface area (Å²) < 4.78 is 1.17. The van der Waals surface area contributed by atoms with Gasteiger partial charge in [-0.1, -0.05) is 28.1 Å². The molecule has 3 heteroatoms. The van der Waals surface area contributed by atoms with Crippen LogP contribution < -0.4 is 0 Å². The van der Waals surface area contributed by atoms with Crippen LogP contribution in [-0.2, 0) is 6.42 Å². The number of rotatable bonds is 1. The van der Waals surface area contributed by atoms with Crippen molar-refractivity contribution in [3.63, 3.8) is 0 Å². The van der Waals surface area contributed by atoms with E-state index in [1.807, 2.05) is 24.5 Å². The molecule has 2 aromatic rings. The minimum absolute atomic E-state index is 0. The zero-order chi connectivity index (χ0) is 11.7. The highest BCUT2D eigenvalue weighted by Gasteiger charge is 2.15. The van der Waals surface area contributed by atoms with E-state index in [1.54, 1.807) is 0 Å². The molecule has 0 unspecified atom stereocenters. The molecule has 0 amide bonds. The molecule has 92 valence electrons. The first-order valence-corrected chi connectivity index (χ1v) is 6.51. The summed E-state index contributed by atoms with van der Waals surface area (Å²) in [4.78, 5) is 4.04. The van der Waals surface area contributed by atoms with Gasteiger partial charge in [-0.05, 0) is 59.4 Å². The zero-order valence-corrected chi connectivity index (χ0v) is 12.2. The maximum Gasteiger partial charge on any atom is 0.0273 e. The molecule has 1 aliphatic rings. The number of fused-ring (bicyclic) bond motifs is 1. The second-order valence-electron chi connectivity index (χ2n) is 4.25. The Kier molecular flexibility index (Phi) is 4.20. The Labute approximate surface area is 121 Å². The van der Waals surface area contributed by atoms with Crippen LogP contribution in [0, 0.1) is 0 Å². The largest absolute Gasteiger partial charge is 0.265 e. The van der Waals surface area contributed by atoms with Gasteiger partial charge in [0.2, 0.25) is 0 Å². The summed E-state index contributed by atoms with van der Waals surface area (Å²) in [6.07, 6.45) is 8.22. The average molecular weight is 323 g/mol. The minimum Gasteiger partial charge on any atom is -0.265 e. The minimum atomic E-state index is 0. The molecular formula is C15H13BrClN. The number of halogens is 2. The van der Waals surface area contributed by atoms with Crippen molar-refractivity contribution < 1.29 is 0 Å². The topological polar surface area (TPSA) is 12.9 Å². The Hall–Kier alpha value is -1.12. The molecule has 0 bridgehead atoms. The molecule has 0 fully saturated rings. The van der Waals surface area contributed by atoms with Crippen LogP contribution in [0.15, 0.2) is 47.2 Å². The molecule has 1 aromatic carbocycles. The van der Waals surface area contributed by atoms with Gasteiger partial charge in [0.25, 0.3) is 0 Å². The number of nitrogens with zero attached hydrogens (tertiary/aromatic N) is 1. The van der Waals surface area contributed by atoms with E-state index in [2.05, 4.69) is 45.2 Å². The molecule has 0 spiro atoms. The summed E-state index contributed by atoms with van der Waals surface area (Å²) in [5.41, 5.74) is 5.49. The Morgan fingerprint density at radius 1 is 1.06 bits per heavy atom. The van der Waals surface area contributed by atoms with E-state index in [1.165, 1.54) is 26.7 Å². The average Bonchev–Trinajstić information content (AvgIpc) is 2.73. The maximum atomic E-state index is 4.04. The second-order valence-corrected chi connectivity index (χ2v) is 5.17. The Balaban J connectivity index is 0.00000120. The number of benzene rings is 1. The van der Waals surface area contributed by atoms with Gasteiger partial charge in [-0.2, -0.15) is 0 Å². The molecule has 0 saturated carbocycles. The van der Waals surface area contributed by atoms with E-state index in [0.717, 1.165) is 12.8 Å². The molecule has 0 atom stereocenters. The molecule has 1 aliphatic carbocycles. The van der Waals surface area contributed by atoms with Crippen LogP contribution in [-0.4, -0.2) is 4.98 Å². The lowest BCUT2D eigenvalue weighted by molar-refractivity contribution is 1.08. The van der Waals surface area contributed by atoms with E-state index in [4.69, 9.17) is 0 Å². The maximum absolute atomic E-state index is 4.04. The normalized spacial score (nSPS) is 15.3. The third kappa shape index (κ3) is 2.65. The lowest BCUT2D eigenvalue weighted by Gasteiger charge is -2.02. The standard InChI is InChI=1S/C15H12BrN.ClH/c16-14-3-4-15-12(1-2-13(15)10-14)9-11-5-7-17-8-6-11;/h3-10H,1-2H2;1H/b12-9-;. The summed E-state index contributed by atoms with van der Waals surface area (Å²) in [5.74, 6) is 0. The Morgan fingerprint density at radius 3 is 2.61 bits per heavy atom. The lowest BCUT2D eigenvalue weighted by atomic mass is 10.1. The van der Waals surface area contributed by atoms with Gasteiger partial charge in [0, 0.05) is 16.9 Å². The summed E-state index contributed by atoms with van der Waals surface area (Å²) in [7, 11) is 0. The Bertz CT molecular complexity index is 578. The number of hydrogen-bond acceptors (Lipinski definition) is 1. The van der Waals surface area contributed by atoms with Gasteiger partial charge >= 0.3 is 0 Å². The first kappa shape index (κ1) is 13.3. The molecule has 1 heterocycles. The van der Waals surface area contributed by atoms with Crippen molar-refractivity contribution in [1.82, 2.24) is 4.98 Å². The van der Waals surface area contributed by atoms with E-state index in [-0.39, 0.29) is 12.4 Å². The van der Waals surface area contributed by atoms with E-state index >= 15 is 0 Å². The van der Waals surface area contributed by atoms with Crippen LogP contribution >= 0.6 is 28.3 Å². The van der Waals surface area contributed by atoms with Crippen LogP contribution in [0.4, 0.5) is 0 Å². The molecule has 0 aliphatic heterocycles. The summed E-state index contributed by atoms with van der Waals surface area (Å²) >= 11 is 3.52. The highest BCUT2D eigenvalue weighted by Crippen LogP contribution is 2.34. The number of aryl methyl sites for hydroxylation is 1. The fourth-order valence-electron chi connectivity index (χ4n) is 2.30. The SMILES string of the molecule is Brc1ccc2c(c1)CC/C2=C/c1ccncc1.Cl. The van der Waals surface area contributed by atoms with Crippen molar-refractivity contribution in [1.29, 1.82) is 0 Å². The molecule has 1 aromatic heterocycles. The fraction of sp³-hybridized carbons (Fsp3) is 0.133. The number of pyridine rings is 1. The first-order chi connectivity index (χ1) is 8.33. The quantitative estimate of drug-likeness (QED) is 0.738. The smallest absolute Gasteiger partial charge is 0.0273 e. The predicted octanol–water partition coefficient (Wildman–Crippen LogP) is 4.75. The van der Waals surface area contributed by atoms with Gasteiger partial charge in [0.15, 0.2) is 0 Å². The summed E-state index contributed by atoms with van der Waals surface area (Å²) in [5, 5.41) is 0. The molecule has 0 saturated heterocycles. The van der Waals surface area contributed by atoms with Crippen molar-refractivity contribution in [2.75, 3.05) is 0 Å². The first-order valence-electron chi connectivity index (χ1n) is 5.72. The molecule has 1 nitrogen and oxygen atoms in total. The second kappa shape index (κ2) is 5.68. The number of allylic oxidation sites excluding steroid dienone is 1. The molecule has 0 N–H and O–H groups in total. The third-order valence-electron chi connectivity index (χ3n) is 3.12. The van der Waals surface area contributed by atoms with Gasteiger partial charge in [-0.15, -0.1) is 12.4 Å². The van der Waals surface area contributed by atoms with Crippen molar-refractivity contribution in [3.8, 4) is 0 Å². The highest BCUT2D eigenvalue weighted by molar-refractivity contribution is 9.10. The number of hydrogen-bond donors (Lipinski definition) is 0. The molecule has 18 heavy (non-hydrogen) atoms. The van der Waals surface area contributed by atoms with Gasteiger partial charge in [0.1, 0.15) is 0 Å². The van der Waals surface area contributed by atoms with Crippen LogP contribution in [0.3, 0.4) is 0 Å². The van der Waals surface area contributed by atoms with Crippen LogP contribution in [0.2, 0.25) is 0 Å². The van der Waals surface area contributed by atoms with Gasteiger partial charge in [0.05, 0.1) is 0 Å². The zero-order valence-electron chi connectivity index (χ0n) is 9.77. The number of aromatic nitrogens is 1. The predicted molar refractivity (Wildman–Crippen MR) is 81.8 cm³/mol. The fourth-order valence-corrected chi connectivity index (χ4v) is 2.71. The van der Waals surface area contributed by atoms with Crippen molar-refractivity contribution >= 4 is 40.0 Å². The van der Waals surface area contributed by atoms with Crippen LogP contribution in [0.5, 0.6) is 0 Å². The lowest BCUT2D eigenvalue weighted by Crippen LogP contribution is -1.81. The molecule has 3 rings (SSSR count). The van der Waals surface area contributed by atoms with Crippen LogP contribution in [0.25, 0.3) is 11.6 Å². The van der Waals surface area contributed by atoms with Crippen LogP contribution in [0.1, 0.15) is 23.1 Å².